The zero-order valence-electron chi connectivity index (χ0n) is 14.9. The van der Waals surface area contributed by atoms with Crippen LogP contribution in [-0.2, 0) is 24.9 Å². The highest BCUT2D eigenvalue weighted by atomic mass is 16.3. The molecule has 3 heterocycles. The number of carbonyl (C=O) groups excluding carboxylic acids is 2. The standard InChI is InChI=1S/C20H20N4O3/c1-22-9-5-8-17(22)19(26)20(27)23-10-11-24-15(13-23)12-16(21-24)18(25)14-6-3-2-4-7-14/h2-9,12,18,25H,10-11,13H2,1H3. The van der Waals surface area contributed by atoms with E-state index < -0.39 is 17.8 Å². The molecule has 1 atom stereocenters. The third-order valence-electron chi connectivity index (χ3n) is 4.87. The second-order valence-electron chi connectivity index (χ2n) is 6.66. The molecule has 1 aromatic carbocycles. The van der Waals surface area contributed by atoms with E-state index in [2.05, 4.69) is 5.10 Å². The number of Topliss-reactive ketones (excluding diaryl/α,β-unsaturated/α-hetero) is 1. The molecular formula is C20H20N4O3. The molecule has 1 aliphatic heterocycles. The van der Waals surface area contributed by atoms with Gasteiger partial charge >= 0.3 is 0 Å². The van der Waals surface area contributed by atoms with E-state index >= 15 is 0 Å². The number of rotatable bonds is 4. The lowest BCUT2D eigenvalue weighted by Crippen LogP contribution is -2.42. The molecule has 0 bridgehead atoms. The molecule has 2 aromatic heterocycles. The summed E-state index contributed by atoms with van der Waals surface area (Å²) in [6, 6.07) is 14.5. The normalized spacial score (nSPS) is 14.7. The van der Waals surface area contributed by atoms with Crippen molar-refractivity contribution < 1.29 is 14.7 Å². The van der Waals surface area contributed by atoms with Crippen molar-refractivity contribution in [3.05, 3.63) is 77.4 Å². The molecule has 27 heavy (non-hydrogen) atoms. The molecule has 0 spiro atoms. The smallest absolute Gasteiger partial charge is 0.296 e. The number of benzene rings is 1. The number of aliphatic hydroxyl groups excluding tert-OH is 1. The summed E-state index contributed by atoms with van der Waals surface area (Å²) in [5.74, 6) is -1.03. The Morgan fingerprint density at radius 2 is 1.89 bits per heavy atom. The van der Waals surface area contributed by atoms with E-state index in [-0.39, 0.29) is 0 Å². The van der Waals surface area contributed by atoms with Crippen molar-refractivity contribution in [1.29, 1.82) is 0 Å². The molecule has 4 rings (SSSR count). The largest absolute Gasteiger partial charge is 0.382 e. The van der Waals surface area contributed by atoms with E-state index in [4.69, 9.17) is 0 Å². The Morgan fingerprint density at radius 3 is 2.59 bits per heavy atom. The number of amides is 1. The topological polar surface area (TPSA) is 80.4 Å². The van der Waals surface area contributed by atoms with E-state index in [1.54, 1.807) is 40.7 Å². The van der Waals surface area contributed by atoms with Gasteiger partial charge in [0.25, 0.3) is 11.7 Å². The molecule has 7 nitrogen and oxygen atoms in total. The molecule has 138 valence electrons. The maximum absolute atomic E-state index is 12.6. The number of carbonyl (C=O) groups is 2. The van der Waals surface area contributed by atoms with Gasteiger partial charge < -0.3 is 14.6 Å². The highest BCUT2D eigenvalue weighted by Gasteiger charge is 2.29. The maximum Gasteiger partial charge on any atom is 0.296 e. The number of aryl methyl sites for hydroxylation is 1. The van der Waals surface area contributed by atoms with Gasteiger partial charge in [0.05, 0.1) is 30.2 Å². The second kappa shape index (κ2) is 6.85. The van der Waals surface area contributed by atoms with Crippen LogP contribution in [0.2, 0.25) is 0 Å². The van der Waals surface area contributed by atoms with E-state index in [1.165, 1.54) is 4.90 Å². The highest BCUT2D eigenvalue weighted by molar-refractivity contribution is 6.42. The molecule has 3 aromatic rings. The van der Waals surface area contributed by atoms with Crippen molar-refractivity contribution in [3.63, 3.8) is 0 Å². The number of hydrogen-bond donors (Lipinski definition) is 1. The van der Waals surface area contributed by atoms with Gasteiger partial charge in [-0.1, -0.05) is 30.3 Å². The summed E-state index contributed by atoms with van der Waals surface area (Å²) >= 11 is 0. The van der Waals surface area contributed by atoms with Crippen LogP contribution in [0, 0.1) is 0 Å². The van der Waals surface area contributed by atoms with E-state index in [0.717, 1.165) is 11.3 Å². The first kappa shape index (κ1) is 17.2. The van der Waals surface area contributed by atoms with Crippen molar-refractivity contribution in [2.24, 2.45) is 7.05 Å². The van der Waals surface area contributed by atoms with Crippen LogP contribution < -0.4 is 0 Å². The number of ketones is 1. The quantitative estimate of drug-likeness (QED) is 0.562. The summed E-state index contributed by atoms with van der Waals surface area (Å²) in [7, 11) is 1.74. The van der Waals surface area contributed by atoms with Crippen LogP contribution in [0.5, 0.6) is 0 Å². The van der Waals surface area contributed by atoms with Crippen LogP contribution in [0.1, 0.15) is 33.5 Å². The summed E-state index contributed by atoms with van der Waals surface area (Å²) in [5, 5.41) is 15.0. The fraction of sp³-hybridized carbons (Fsp3) is 0.250. The van der Waals surface area contributed by atoms with E-state index in [1.807, 2.05) is 30.3 Å². The molecule has 1 unspecified atom stereocenters. The van der Waals surface area contributed by atoms with Gasteiger partial charge in [0.1, 0.15) is 6.10 Å². The molecule has 0 saturated heterocycles. The number of fused-ring (bicyclic) bond motifs is 1. The number of aromatic nitrogens is 3. The first-order chi connectivity index (χ1) is 13.0. The first-order valence-corrected chi connectivity index (χ1v) is 8.79. The molecule has 7 heteroatoms. The minimum absolute atomic E-state index is 0.295. The number of nitrogens with zero attached hydrogens (tertiary/aromatic N) is 4. The van der Waals surface area contributed by atoms with Crippen LogP contribution in [0.15, 0.2) is 54.7 Å². The van der Waals surface area contributed by atoms with Gasteiger partial charge in [-0.2, -0.15) is 5.10 Å². The summed E-state index contributed by atoms with van der Waals surface area (Å²) < 4.78 is 3.43. The van der Waals surface area contributed by atoms with Gasteiger partial charge in [-0.15, -0.1) is 0 Å². The molecule has 1 aliphatic rings. The summed E-state index contributed by atoms with van der Waals surface area (Å²) in [6.07, 6.45) is 0.918. The Morgan fingerprint density at radius 1 is 1.11 bits per heavy atom. The lowest BCUT2D eigenvalue weighted by Gasteiger charge is -2.27. The lowest BCUT2D eigenvalue weighted by molar-refractivity contribution is -0.127. The lowest BCUT2D eigenvalue weighted by atomic mass is 10.1. The van der Waals surface area contributed by atoms with Gasteiger partial charge in [-0.3, -0.25) is 14.3 Å². The predicted octanol–water partition coefficient (Wildman–Crippen LogP) is 1.53. The molecule has 0 fully saturated rings. The Labute approximate surface area is 156 Å². The van der Waals surface area contributed by atoms with Gasteiger partial charge in [0.15, 0.2) is 0 Å². The second-order valence-corrected chi connectivity index (χ2v) is 6.66. The van der Waals surface area contributed by atoms with Crippen LogP contribution >= 0.6 is 0 Å². The van der Waals surface area contributed by atoms with Crippen LogP contribution in [0.4, 0.5) is 0 Å². The van der Waals surface area contributed by atoms with Crippen LogP contribution in [-0.4, -0.2) is 42.6 Å². The Kier molecular flexibility index (Phi) is 4.37. The Bertz CT molecular complexity index is 990. The molecule has 0 radical (unpaired) electrons. The van der Waals surface area contributed by atoms with E-state index in [0.29, 0.717) is 31.0 Å². The van der Waals surface area contributed by atoms with E-state index in [9.17, 15) is 14.7 Å². The van der Waals surface area contributed by atoms with Crippen molar-refractivity contribution >= 4 is 11.7 Å². The average molecular weight is 364 g/mol. The summed E-state index contributed by atoms with van der Waals surface area (Å²) in [6.45, 7) is 1.19. The molecule has 0 aliphatic carbocycles. The molecule has 1 amide bonds. The number of hydrogen-bond acceptors (Lipinski definition) is 4. The molecule has 1 N–H and O–H groups in total. The number of aliphatic hydroxyl groups is 1. The van der Waals surface area contributed by atoms with Crippen molar-refractivity contribution in [3.8, 4) is 0 Å². The van der Waals surface area contributed by atoms with Crippen LogP contribution in [0.25, 0.3) is 0 Å². The predicted molar refractivity (Wildman–Crippen MR) is 97.9 cm³/mol. The van der Waals surface area contributed by atoms with Crippen molar-refractivity contribution in [2.45, 2.75) is 19.2 Å². The third-order valence-corrected chi connectivity index (χ3v) is 4.87. The van der Waals surface area contributed by atoms with Crippen molar-refractivity contribution in [2.75, 3.05) is 6.54 Å². The first-order valence-electron chi connectivity index (χ1n) is 8.79. The maximum atomic E-state index is 12.6. The van der Waals surface area contributed by atoms with Crippen LogP contribution in [0.3, 0.4) is 0 Å². The van der Waals surface area contributed by atoms with Gasteiger partial charge in [0, 0.05) is 19.8 Å². The minimum Gasteiger partial charge on any atom is -0.382 e. The fourth-order valence-electron chi connectivity index (χ4n) is 3.35. The summed E-state index contributed by atoms with van der Waals surface area (Å²) in [5.41, 5.74) is 2.48. The molecule has 0 saturated carbocycles. The molecular weight excluding hydrogens is 344 g/mol. The van der Waals surface area contributed by atoms with Gasteiger partial charge in [0.2, 0.25) is 0 Å². The summed E-state index contributed by atoms with van der Waals surface area (Å²) in [4.78, 5) is 26.6. The average Bonchev–Trinajstić information content (AvgIpc) is 3.32. The zero-order chi connectivity index (χ0) is 19.0. The third kappa shape index (κ3) is 3.17. The zero-order valence-corrected chi connectivity index (χ0v) is 14.9. The highest BCUT2D eigenvalue weighted by Crippen LogP contribution is 2.23. The Hall–Kier alpha value is -3.19. The minimum atomic E-state index is -0.821. The van der Waals surface area contributed by atoms with Gasteiger partial charge in [-0.05, 0) is 23.8 Å². The van der Waals surface area contributed by atoms with Crippen molar-refractivity contribution in [1.82, 2.24) is 19.2 Å². The Balaban J connectivity index is 1.52. The SMILES string of the molecule is Cn1cccc1C(=O)C(=O)N1CCn2nc(C(O)c3ccccc3)cc2C1. The van der Waals surface area contributed by atoms with Gasteiger partial charge in [-0.25, -0.2) is 0 Å². The monoisotopic (exact) mass is 364 g/mol. The fourth-order valence-corrected chi connectivity index (χ4v) is 3.35.